The molecule has 47 heavy (non-hydrogen) atoms. The molecule has 1 aliphatic heterocycles. The highest BCUT2D eigenvalue weighted by atomic mass is 16.3. The maximum Gasteiger partial charge on any atom is 0.321 e. The number of urea groups is 1. The highest BCUT2D eigenvalue weighted by Crippen LogP contribution is 2.31. The molecule has 1 aliphatic rings. The van der Waals surface area contributed by atoms with Crippen LogP contribution in [-0.4, -0.2) is 75.5 Å². The largest absolute Gasteiger partial charge is 0.397 e. The Bertz CT molecular complexity index is 1950. The number of H-pyrrole nitrogens is 1. The third-order valence-corrected chi connectivity index (χ3v) is 8.98. The molecule has 0 saturated carbocycles. The van der Waals surface area contributed by atoms with E-state index < -0.39 is 24.3 Å². The van der Waals surface area contributed by atoms with E-state index in [4.69, 9.17) is 5.73 Å². The zero-order chi connectivity index (χ0) is 32.3. The van der Waals surface area contributed by atoms with Crippen molar-refractivity contribution < 1.29 is 15.0 Å². The molecule has 11 heteroatoms. The summed E-state index contributed by atoms with van der Waals surface area (Å²) in [4.78, 5) is 18.4. The molecular weight excluding hydrogens is 592 g/mol. The lowest BCUT2D eigenvalue weighted by atomic mass is 9.91. The number of amides is 2. The Balaban J connectivity index is 1.32. The summed E-state index contributed by atoms with van der Waals surface area (Å²) >= 11 is 0. The van der Waals surface area contributed by atoms with Gasteiger partial charge in [0.25, 0.3) is 0 Å². The lowest BCUT2D eigenvalue weighted by Crippen LogP contribution is -2.50. The Morgan fingerprint density at radius 1 is 0.745 bits per heavy atom. The molecule has 4 atom stereocenters. The number of carbonyl (C=O) groups excluding carboxylic acids is 1. The Kier molecular flexibility index (Phi) is 8.38. The van der Waals surface area contributed by atoms with Crippen LogP contribution in [0.4, 0.5) is 10.5 Å². The molecule has 4 aromatic carbocycles. The third kappa shape index (κ3) is 6.31. The van der Waals surface area contributed by atoms with Gasteiger partial charge >= 0.3 is 6.03 Å². The number of carbonyl (C=O) groups is 1. The van der Waals surface area contributed by atoms with Gasteiger partial charge in [0.1, 0.15) is 12.2 Å². The zero-order valence-electron chi connectivity index (χ0n) is 25.7. The van der Waals surface area contributed by atoms with Gasteiger partial charge in [-0.15, -0.1) is 5.10 Å². The Hall–Kier alpha value is -5.52. The maximum atomic E-state index is 15.0. The van der Waals surface area contributed by atoms with E-state index in [0.717, 1.165) is 33.2 Å². The average Bonchev–Trinajstić information content (AvgIpc) is 3.80. The Morgan fingerprint density at radius 2 is 1.34 bits per heavy atom. The lowest BCUT2D eigenvalue weighted by Gasteiger charge is -2.36. The van der Waals surface area contributed by atoms with Gasteiger partial charge in [0, 0.05) is 18.5 Å². The molecule has 11 nitrogen and oxygen atoms in total. The van der Waals surface area contributed by atoms with Gasteiger partial charge in [-0.3, -0.25) is 5.10 Å². The van der Waals surface area contributed by atoms with Crippen LogP contribution in [0.15, 0.2) is 116 Å². The minimum Gasteiger partial charge on any atom is -0.397 e. The number of aromatic nitrogens is 5. The van der Waals surface area contributed by atoms with Crippen LogP contribution in [0.1, 0.15) is 22.3 Å². The number of nitrogens with one attached hydrogen (secondary N) is 1. The molecule has 0 aliphatic carbocycles. The molecule has 3 heterocycles. The summed E-state index contributed by atoms with van der Waals surface area (Å²) in [6.07, 6.45) is 3.27. The highest BCUT2D eigenvalue weighted by Gasteiger charge is 2.46. The number of nitrogens with zero attached hydrogens (tertiary/aromatic N) is 6. The molecule has 1 fully saturated rings. The highest BCUT2D eigenvalue weighted by molar-refractivity contribution is 5.79. The predicted octanol–water partition coefficient (Wildman–Crippen LogP) is 4.11. The standard InChI is InChI=1S/C36H36N8O3/c37-29-13-11-27(20-31(29)44-16-15-38-41-44)23-43-33(19-25-9-5-2-6-10-25)35(46)34(45)32(18-24-7-3-1-4-8-24)42(36(43)47)22-26-12-14-30-28(17-26)21-39-40-30/h1-17,20-21,32-35,45-46H,18-19,22-23,37H2,(H,39,40)/t32-,33-,34+,35+/m1/s1. The van der Waals surface area contributed by atoms with Crippen LogP contribution in [0.5, 0.6) is 0 Å². The van der Waals surface area contributed by atoms with Crippen LogP contribution in [-0.2, 0) is 25.9 Å². The average molecular weight is 629 g/mol. The SMILES string of the molecule is Nc1ccc(CN2C(=O)N(Cc3ccc4[nH]ncc4c3)[C@H](Cc3ccccc3)[C@H](O)[C@@H](O)[C@H]2Cc2ccccc2)cc1-n1ccnn1. The van der Waals surface area contributed by atoms with Gasteiger partial charge < -0.3 is 25.7 Å². The Labute approximate surface area is 271 Å². The number of aliphatic hydroxyl groups excluding tert-OH is 2. The molecule has 6 aromatic rings. The number of anilines is 1. The molecule has 0 spiro atoms. The number of rotatable bonds is 9. The fourth-order valence-corrected chi connectivity index (χ4v) is 6.52. The topological polar surface area (TPSA) is 149 Å². The molecule has 2 amide bonds. The number of hydrogen-bond acceptors (Lipinski definition) is 7. The van der Waals surface area contributed by atoms with E-state index in [9.17, 15) is 15.0 Å². The summed E-state index contributed by atoms with van der Waals surface area (Å²) in [6, 6.07) is 29.2. The number of benzene rings is 4. The van der Waals surface area contributed by atoms with Gasteiger partial charge in [0.15, 0.2) is 0 Å². The van der Waals surface area contributed by atoms with E-state index in [1.54, 1.807) is 39.1 Å². The number of aliphatic hydroxyl groups is 2. The van der Waals surface area contributed by atoms with Crippen molar-refractivity contribution in [3.63, 3.8) is 0 Å². The molecule has 1 saturated heterocycles. The quantitative estimate of drug-likeness (QED) is 0.176. The first-order chi connectivity index (χ1) is 22.9. The molecule has 0 bridgehead atoms. The van der Waals surface area contributed by atoms with Crippen molar-refractivity contribution in [2.45, 2.75) is 50.2 Å². The van der Waals surface area contributed by atoms with Crippen LogP contribution in [0.2, 0.25) is 0 Å². The van der Waals surface area contributed by atoms with Crippen molar-refractivity contribution in [3.05, 3.63) is 138 Å². The second-order valence-electron chi connectivity index (χ2n) is 12.1. The summed E-state index contributed by atoms with van der Waals surface area (Å²) in [5, 5.41) is 40.1. The molecule has 7 rings (SSSR count). The summed E-state index contributed by atoms with van der Waals surface area (Å²) in [7, 11) is 0. The van der Waals surface area contributed by atoms with Gasteiger partial charge in [0.05, 0.1) is 47.6 Å². The second kappa shape index (κ2) is 13.1. The maximum absolute atomic E-state index is 15.0. The Morgan fingerprint density at radius 3 is 1.94 bits per heavy atom. The first-order valence-electron chi connectivity index (χ1n) is 15.6. The van der Waals surface area contributed by atoms with Gasteiger partial charge in [-0.25, -0.2) is 9.48 Å². The van der Waals surface area contributed by atoms with E-state index in [1.165, 1.54) is 0 Å². The first kappa shape index (κ1) is 30.2. The van der Waals surface area contributed by atoms with Gasteiger partial charge in [-0.05, 0) is 59.4 Å². The van der Waals surface area contributed by atoms with Crippen LogP contribution >= 0.6 is 0 Å². The number of nitrogen functional groups attached to an aromatic ring is 1. The summed E-state index contributed by atoms with van der Waals surface area (Å²) in [5.41, 5.74) is 11.9. The molecule has 5 N–H and O–H groups in total. The molecule has 0 unspecified atom stereocenters. The summed E-state index contributed by atoms with van der Waals surface area (Å²) < 4.78 is 1.58. The second-order valence-corrected chi connectivity index (χ2v) is 12.1. The van der Waals surface area contributed by atoms with E-state index in [0.29, 0.717) is 24.2 Å². The van der Waals surface area contributed by atoms with Crippen molar-refractivity contribution in [2.24, 2.45) is 0 Å². The number of aromatic amines is 1. The van der Waals surface area contributed by atoms with E-state index >= 15 is 0 Å². The summed E-state index contributed by atoms with van der Waals surface area (Å²) in [6.45, 7) is 0.388. The fraction of sp³-hybridized carbons (Fsp3) is 0.222. The van der Waals surface area contributed by atoms with Crippen molar-refractivity contribution >= 4 is 22.6 Å². The van der Waals surface area contributed by atoms with Gasteiger partial charge in [0.2, 0.25) is 0 Å². The van der Waals surface area contributed by atoms with Crippen LogP contribution in [0, 0.1) is 0 Å². The normalized spacial score (nSPS) is 20.1. The number of fused-ring (bicyclic) bond motifs is 1. The monoisotopic (exact) mass is 628 g/mol. The van der Waals surface area contributed by atoms with Crippen LogP contribution < -0.4 is 5.73 Å². The van der Waals surface area contributed by atoms with E-state index in [2.05, 4.69) is 20.5 Å². The number of hydrogen-bond donors (Lipinski definition) is 4. The van der Waals surface area contributed by atoms with Crippen molar-refractivity contribution in [1.29, 1.82) is 0 Å². The minimum atomic E-state index is -1.24. The van der Waals surface area contributed by atoms with Crippen molar-refractivity contribution in [2.75, 3.05) is 5.73 Å². The fourth-order valence-electron chi connectivity index (χ4n) is 6.52. The van der Waals surface area contributed by atoms with Gasteiger partial charge in [-0.1, -0.05) is 78.0 Å². The minimum absolute atomic E-state index is 0.164. The third-order valence-electron chi connectivity index (χ3n) is 8.98. The molecule has 2 aromatic heterocycles. The van der Waals surface area contributed by atoms with Crippen LogP contribution in [0.25, 0.3) is 16.6 Å². The zero-order valence-corrected chi connectivity index (χ0v) is 25.7. The number of nitrogens with two attached hydrogens (primary N) is 1. The van der Waals surface area contributed by atoms with Crippen LogP contribution in [0.3, 0.4) is 0 Å². The molecular formula is C36H36N8O3. The molecule has 238 valence electrons. The summed E-state index contributed by atoms with van der Waals surface area (Å²) in [5.74, 6) is 0. The van der Waals surface area contributed by atoms with Crippen molar-refractivity contribution in [1.82, 2.24) is 35.0 Å². The first-order valence-corrected chi connectivity index (χ1v) is 15.6. The molecule has 0 radical (unpaired) electrons. The van der Waals surface area contributed by atoms with Gasteiger partial charge in [-0.2, -0.15) is 5.10 Å². The smallest absolute Gasteiger partial charge is 0.321 e. The van der Waals surface area contributed by atoms with E-state index in [-0.39, 0.29) is 19.1 Å². The predicted molar refractivity (Wildman–Crippen MR) is 178 cm³/mol. The lowest BCUT2D eigenvalue weighted by molar-refractivity contribution is -0.0408. The van der Waals surface area contributed by atoms with E-state index in [1.807, 2.05) is 91.0 Å². The van der Waals surface area contributed by atoms with Crippen molar-refractivity contribution in [3.8, 4) is 5.69 Å².